The zero-order chi connectivity index (χ0) is 13.5. The first kappa shape index (κ1) is 14.0. The highest BCUT2D eigenvalue weighted by molar-refractivity contribution is 5.95. The van der Waals surface area contributed by atoms with E-state index in [1.807, 2.05) is 13.0 Å². The third kappa shape index (κ3) is 3.76. The van der Waals surface area contributed by atoms with Crippen molar-refractivity contribution in [2.24, 2.45) is 0 Å². The molecule has 98 valence electrons. The molecule has 0 heterocycles. The summed E-state index contributed by atoms with van der Waals surface area (Å²) >= 11 is 0. The number of rotatable bonds is 5. The van der Waals surface area contributed by atoms with Gasteiger partial charge in [0.2, 0.25) is 11.8 Å². The molecule has 5 heteroatoms. The van der Waals surface area contributed by atoms with Crippen LogP contribution in [0.5, 0.6) is 5.75 Å². The van der Waals surface area contributed by atoms with Crippen molar-refractivity contribution in [3.63, 3.8) is 0 Å². The van der Waals surface area contributed by atoms with E-state index in [9.17, 15) is 9.59 Å². The van der Waals surface area contributed by atoms with Crippen LogP contribution in [0, 0.1) is 0 Å². The third-order valence-corrected chi connectivity index (χ3v) is 2.54. The van der Waals surface area contributed by atoms with E-state index in [1.165, 1.54) is 11.8 Å². The van der Waals surface area contributed by atoms with E-state index >= 15 is 0 Å². The van der Waals surface area contributed by atoms with Crippen molar-refractivity contribution in [1.82, 2.24) is 4.90 Å². The van der Waals surface area contributed by atoms with Gasteiger partial charge in [0.15, 0.2) is 0 Å². The number of ether oxygens (including phenoxy) is 1. The lowest BCUT2D eigenvalue weighted by molar-refractivity contribution is -0.132. The topological polar surface area (TPSA) is 58.6 Å². The summed E-state index contributed by atoms with van der Waals surface area (Å²) in [5.74, 6) is 0.237. The summed E-state index contributed by atoms with van der Waals surface area (Å²) in [6.45, 7) is 3.83. The van der Waals surface area contributed by atoms with Gasteiger partial charge >= 0.3 is 0 Å². The number of benzene rings is 1. The highest BCUT2D eigenvalue weighted by Gasteiger charge is 2.12. The number of anilines is 1. The molecule has 0 aliphatic heterocycles. The molecule has 1 aromatic carbocycles. The standard InChI is InChI=1S/C13H18N2O3/c1-4-15(10(2)16)9-13(17)14-11-7-5-6-8-12(11)18-3/h5-8H,4,9H2,1-3H3,(H,14,17). The second-order valence-electron chi connectivity index (χ2n) is 3.78. The molecular formula is C13H18N2O3. The number of methoxy groups -OCH3 is 1. The van der Waals surface area contributed by atoms with Gasteiger partial charge in [-0.3, -0.25) is 9.59 Å². The van der Waals surface area contributed by atoms with Gasteiger partial charge in [0, 0.05) is 13.5 Å². The number of carbonyl (C=O) groups is 2. The lowest BCUT2D eigenvalue weighted by atomic mass is 10.3. The minimum Gasteiger partial charge on any atom is -0.495 e. The number of hydrogen-bond donors (Lipinski definition) is 1. The molecule has 0 radical (unpaired) electrons. The van der Waals surface area contributed by atoms with Gasteiger partial charge in [-0.15, -0.1) is 0 Å². The van der Waals surface area contributed by atoms with Crippen molar-refractivity contribution in [2.75, 3.05) is 25.5 Å². The van der Waals surface area contributed by atoms with Crippen LogP contribution in [0.15, 0.2) is 24.3 Å². The number of nitrogens with zero attached hydrogens (tertiary/aromatic N) is 1. The van der Waals surface area contributed by atoms with Gasteiger partial charge in [0.25, 0.3) is 0 Å². The molecule has 0 unspecified atom stereocenters. The van der Waals surface area contributed by atoms with Crippen LogP contribution >= 0.6 is 0 Å². The van der Waals surface area contributed by atoms with E-state index in [4.69, 9.17) is 4.74 Å². The molecule has 1 rings (SSSR count). The molecule has 0 spiro atoms. The maximum atomic E-state index is 11.8. The van der Waals surface area contributed by atoms with Gasteiger partial charge in [-0.2, -0.15) is 0 Å². The third-order valence-electron chi connectivity index (χ3n) is 2.54. The first-order valence-corrected chi connectivity index (χ1v) is 5.76. The van der Waals surface area contributed by atoms with Crippen molar-refractivity contribution in [3.8, 4) is 5.75 Å². The average molecular weight is 250 g/mol. The largest absolute Gasteiger partial charge is 0.495 e. The van der Waals surface area contributed by atoms with Crippen LogP contribution in [0.25, 0.3) is 0 Å². The summed E-state index contributed by atoms with van der Waals surface area (Å²) < 4.78 is 5.13. The molecule has 0 aromatic heterocycles. The number of nitrogens with one attached hydrogen (secondary N) is 1. The zero-order valence-electron chi connectivity index (χ0n) is 10.9. The van der Waals surface area contributed by atoms with E-state index in [-0.39, 0.29) is 18.4 Å². The van der Waals surface area contributed by atoms with Crippen molar-refractivity contribution >= 4 is 17.5 Å². The van der Waals surface area contributed by atoms with Crippen LogP contribution in [-0.4, -0.2) is 36.9 Å². The lowest BCUT2D eigenvalue weighted by Crippen LogP contribution is -2.36. The Kier molecular flexibility index (Phi) is 5.17. The van der Waals surface area contributed by atoms with Crippen molar-refractivity contribution in [2.45, 2.75) is 13.8 Å². The Hall–Kier alpha value is -2.04. The second kappa shape index (κ2) is 6.64. The summed E-state index contributed by atoms with van der Waals surface area (Å²) in [5.41, 5.74) is 0.601. The Bertz CT molecular complexity index is 432. The highest BCUT2D eigenvalue weighted by atomic mass is 16.5. The maximum Gasteiger partial charge on any atom is 0.244 e. The van der Waals surface area contributed by atoms with Gasteiger partial charge in [-0.25, -0.2) is 0 Å². The molecule has 5 nitrogen and oxygen atoms in total. The second-order valence-corrected chi connectivity index (χ2v) is 3.78. The van der Waals surface area contributed by atoms with Gasteiger partial charge in [0.1, 0.15) is 5.75 Å². The Labute approximate surface area is 107 Å². The van der Waals surface area contributed by atoms with Gasteiger partial charge in [0.05, 0.1) is 19.3 Å². The number of para-hydroxylation sites is 2. The SMILES string of the molecule is CCN(CC(=O)Nc1ccccc1OC)C(C)=O. The molecule has 0 atom stereocenters. The Morgan fingerprint density at radius 3 is 2.56 bits per heavy atom. The van der Waals surface area contributed by atoms with E-state index in [0.717, 1.165) is 0 Å². The summed E-state index contributed by atoms with van der Waals surface area (Å²) in [5, 5.41) is 2.72. The zero-order valence-corrected chi connectivity index (χ0v) is 10.9. The Balaban J connectivity index is 2.67. The van der Waals surface area contributed by atoms with Gasteiger partial charge in [-0.05, 0) is 19.1 Å². The summed E-state index contributed by atoms with van der Waals surface area (Å²) in [7, 11) is 1.54. The molecule has 0 saturated heterocycles. The van der Waals surface area contributed by atoms with Crippen LogP contribution in [0.4, 0.5) is 5.69 Å². The summed E-state index contributed by atoms with van der Waals surface area (Å²) in [6.07, 6.45) is 0. The molecular weight excluding hydrogens is 232 g/mol. The van der Waals surface area contributed by atoms with Crippen LogP contribution < -0.4 is 10.1 Å². The van der Waals surface area contributed by atoms with E-state index in [0.29, 0.717) is 18.0 Å². The smallest absolute Gasteiger partial charge is 0.244 e. The monoisotopic (exact) mass is 250 g/mol. The van der Waals surface area contributed by atoms with E-state index < -0.39 is 0 Å². The fourth-order valence-electron chi connectivity index (χ4n) is 1.56. The summed E-state index contributed by atoms with van der Waals surface area (Å²) in [4.78, 5) is 24.5. The Morgan fingerprint density at radius 2 is 2.00 bits per heavy atom. The molecule has 0 aliphatic carbocycles. The maximum absolute atomic E-state index is 11.8. The number of amides is 2. The number of hydrogen-bond acceptors (Lipinski definition) is 3. The number of carbonyl (C=O) groups excluding carboxylic acids is 2. The first-order valence-electron chi connectivity index (χ1n) is 5.76. The molecule has 0 fully saturated rings. The predicted molar refractivity (Wildman–Crippen MR) is 69.6 cm³/mol. The molecule has 0 saturated carbocycles. The lowest BCUT2D eigenvalue weighted by Gasteiger charge is -2.18. The normalized spacial score (nSPS) is 9.72. The summed E-state index contributed by atoms with van der Waals surface area (Å²) in [6, 6.07) is 7.14. The minimum absolute atomic E-state index is 0.0455. The highest BCUT2D eigenvalue weighted by Crippen LogP contribution is 2.22. The molecule has 18 heavy (non-hydrogen) atoms. The van der Waals surface area contributed by atoms with Crippen molar-refractivity contribution in [3.05, 3.63) is 24.3 Å². The molecule has 1 aromatic rings. The van der Waals surface area contributed by atoms with Crippen LogP contribution in [0.2, 0.25) is 0 Å². The van der Waals surface area contributed by atoms with Crippen molar-refractivity contribution in [1.29, 1.82) is 0 Å². The predicted octanol–water partition coefficient (Wildman–Crippen LogP) is 1.50. The van der Waals surface area contributed by atoms with E-state index in [1.54, 1.807) is 25.3 Å². The molecule has 2 amide bonds. The Morgan fingerprint density at radius 1 is 1.33 bits per heavy atom. The molecule has 0 aliphatic rings. The van der Waals surface area contributed by atoms with E-state index in [2.05, 4.69) is 5.32 Å². The van der Waals surface area contributed by atoms with Crippen LogP contribution in [0.1, 0.15) is 13.8 Å². The quantitative estimate of drug-likeness (QED) is 0.861. The van der Waals surface area contributed by atoms with Crippen LogP contribution in [-0.2, 0) is 9.59 Å². The minimum atomic E-state index is -0.239. The fraction of sp³-hybridized carbons (Fsp3) is 0.385. The van der Waals surface area contributed by atoms with Gasteiger partial charge < -0.3 is 15.0 Å². The first-order chi connectivity index (χ1) is 8.58. The van der Waals surface area contributed by atoms with Gasteiger partial charge in [-0.1, -0.05) is 12.1 Å². The van der Waals surface area contributed by atoms with Crippen molar-refractivity contribution < 1.29 is 14.3 Å². The fourth-order valence-corrected chi connectivity index (χ4v) is 1.56. The average Bonchev–Trinajstić information content (AvgIpc) is 2.36. The molecule has 1 N–H and O–H groups in total. The number of likely N-dealkylation sites (N-methyl/N-ethyl adjacent to an activating group) is 1. The molecule has 0 bridgehead atoms. The van der Waals surface area contributed by atoms with Crippen LogP contribution in [0.3, 0.4) is 0 Å².